The van der Waals surface area contributed by atoms with Crippen LogP contribution in [0.1, 0.15) is 30.2 Å². The average molecular weight is 410 g/mol. The van der Waals surface area contributed by atoms with Crippen molar-refractivity contribution in [1.82, 2.24) is 10.6 Å². The second-order valence-electron chi connectivity index (χ2n) is 4.33. The molecule has 21 heavy (non-hydrogen) atoms. The van der Waals surface area contributed by atoms with Crippen molar-refractivity contribution in [1.29, 1.82) is 0 Å². The minimum atomic E-state index is -0.584. The van der Waals surface area contributed by atoms with Gasteiger partial charge in [-0.25, -0.2) is 4.99 Å². The number of nitrogens with zero attached hydrogens (tertiary/aromatic N) is 1. The number of hydrogen-bond donors (Lipinski definition) is 3. The van der Waals surface area contributed by atoms with E-state index in [9.17, 15) is 4.79 Å². The lowest BCUT2D eigenvalue weighted by atomic mass is 10.4. The number of nitrogens with one attached hydrogen (secondary N) is 2. The van der Waals surface area contributed by atoms with Crippen molar-refractivity contribution >= 4 is 35.8 Å². The highest BCUT2D eigenvalue weighted by atomic mass is 127. The number of amides is 1. The quantitative estimate of drug-likeness (QED) is 0.355. The number of guanidine groups is 1. The normalized spacial score (nSPS) is 12.4. The lowest BCUT2D eigenvalue weighted by Gasteiger charge is -2.16. The summed E-state index contributed by atoms with van der Waals surface area (Å²) in [7, 11) is 1.65. The number of nitrogens with two attached hydrogens (primary N) is 1. The molecule has 1 amide bonds. The number of ether oxygens (including phenoxy) is 1. The van der Waals surface area contributed by atoms with Gasteiger partial charge in [0.05, 0.1) is 6.61 Å². The highest BCUT2D eigenvalue weighted by Gasteiger charge is 2.08. The molecule has 4 N–H and O–H groups in total. The van der Waals surface area contributed by atoms with Gasteiger partial charge in [0.2, 0.25) is 0 Å². The number of primary amides is 1. The molecule has 1 rings (SSSR count). The van der Waals surface area contributed by atoms with E-state index in [0.717, 1.165) is 6.54 Å². The van der Waals surface area contributed by atoms with E-state index in [2.05, 4.69) is 15.6 Å². The van der Waals surface area contributed by atoms with Gasteiger partial charge in [0.15, 0.2) is 11.7 Å². The Morgan fingerprint density at radius 1 is 1.52 bits per heavy atom. The minimum Gasteiger partial charge on any atom is -0.454 e. The van der Waals surface area contributed by atoms with Gasteiger partial charge in [-0.15, -0.1) is 24.0 Å². The van der Waals surface area contributed by atoms with Gasteiger partial charge in [0.25, 0.3) is 5.91 Å². The maximum Gasteiger partial charge on any atom is 0.284 e. The number of carbonyl (C=O) groups excluding carboxylic acids is 1. The fourth-order valence-corrected chi connectivity index (χ4v) is 1.60. The van der Waals surface area contributed by atoms with Crippen LogP contribution >= 0.6 is 24.0 Å². The molecule has 120 valence electrons. The van der Waals surface area contributed by atoms with Crippen molar-refractivity contribution in [2.75, 3.05) is 20.3 Å². The van der Waals surface area contributed by atoms with Gasteiger partial charge in [-0.05, 0) is 26.0 Å². The number of hydrogen-bond acceptors (Lipinski definition) is 4. The van der Waals surface area contributed by atoms with Crippen LogP contribution in [0.2, 0.25) is 0 Å². The molecule has 0 aliphatic heterocycles. The van der Waals surface area contributed by atoms with E-state index in [1.54, 1.807) is 19.2 Å². The van der Waals surface area contributed by atoms with Gasteiger partial charge in [-0.1, -0.05) is 0 Å². The smallest absolute Gasteiger partial charge is 0.284 e. The Morgan fingerprint density at radius 3 is 2.76 bits per heavy atom. The van der Waals surface area contributed by atoms with Crippen LogP contribution < -0.4 is 16.4 Å². The molecule has 8 heteroatoms. The molecule has 0 aliphatic rings. The third kappa shape index (κ3) is 7.32. The van der Waals surface area contributed by atoms with Crippen molar-refractivity contribution in [3.63, 3.8) is 0 Å². The summed E-state index contributed by atoms with van der Waals surface area (Å²) < 4.78 is 10.3. The van der Waals surface area contributed by atoms with E-state index in [4.69, 9.17) is 14.9 Å². The van der Waals surface area contributed by atoms with Crippen LogP contribution in [0.5, 0.6) is 0 Å². The van der Waals surface area contributed by atoms with E-state index in [0.29, 0.717) is 24.9 Å². The molecule has 0 saturated carbocycles. The van der Waals surface area contributed by atoms with Crippen molar-refractivity contribution in [2.24, 2.45) is 10.7 Å². The Kier molecular flexibility index (Phi) is 9.80. The number of carbonyl (C=O) groups is 1. The Balaban J connectivity index is 0.00000400. The third-order valence-corrected chi connectivity index (χ3v) is 2.44. The maximum absolute atomic E-state index is 10.9. The molecule has 0 spiro atoms. The van der Waals surface area contributed by atoms with E-state index < -0.39 is 5.91 Å². The van der Waals surface area contributed by atoms with Gasteiger partial charge < -0.3 is 25.5 Å². The molecule has 1 unspecified atom stereocenters. The van der Waals surface area contributed by atoms with E-state index in [1.165, 1.54) is 0 Å². The largest absolute Gasteiger partial charge is 0.454 e. The number of aliphatic imine (C=N–C) groups is 1. The van der Waals surface area contributed by atoms with Crippen molar-refractivity contribution in [3.8, 4) is 0 Å². The molecule has 0 saturated heterocycles. The van der Waals surface area contributed by atoms with E-state index in [1.807, 2.05) is 13.8 Å². The van der Waals surface area contributed by atoms with Gasteiger partial charge in [-0.2, -0.15) is 0 Å². The summed E-state index contributed by atoms with van der Waals surface area (Å²) in [5.41, 5.74) is 5.12. The lowest BCUT2D eigenvalue weighted by Crippen LogP contribution is -2.43. The molecular formula is C13H23IN4O3. The third-order valence-electron chi connectivity index (χ3n) is 2.44. The first-order valence-corrected chi connectivity index (χ1v) is 6.49. The van der Waals surface area contributed by atoms with Crippen LogP contribution in [0.4, 0.5) is 0 Å². The van der Waals surface area contributed by atoms with Crippen molar-refractivity contribution < 1.29 is 13.9 Å². The molecule has 1 atom stereocenters. The van der Waals surface area contributed by atoms with E-state index >= 15 is 0 Å². The Hall–Kier alpha value is -1.29. The molecule has 0 radical (unpaired) electrons. The SMILES string of the molecule is CCNC(=NCc1ccc(C(N)=O)o1)NC(C)COC.I. The maximum atomic E-state index is 10.9. The van der Waals surface area contributed by atoms with Gasteiger partial charge >= 0.3 is 0 Å². The van der Waals surface area contributed by atoms with Crippen LogP contribution in [-0.4, -0.2) is 38.2 Å². The van der Waals surface area contributed by atoms with Crippen LogP contribution in [0.15, 0.2) is 21.5 Å². The molecule has 1 aromatic rings. The summed E-state index contributed by atoms with van der Waals surface area (Å²) in [5.74, 6) is 0.796. The molecule has 0 aromatic carbocycles. The molecule has 0 aliphatic carbocycles. The zero-order valence-corrected chi connectivity index (χ0v) is 14.8. The predicted octanol–water partition coefficient (Wildman–Crippen LogP) is 1.09. The van der Waals surface area contributed by atoms with Crippen LogP contribution in [0, 0.1) is 0 Å². The highest BCUT2D eigenvalue weighted by Crippen LogP contribution is 2.08. The van der Waals surface area contributed by atoms with E-state index in [-0.39, 0.29) is 35.8 Å². The van der Waals surface area contributed by atoms with Crippen LogP contribution in [-0.2, 0) is 11.3 Å². The van der Waals surface area contributed by atoms with Crippen LogP contribution in [0.25, 0.3) is 0 Å². The number of halogens is 1. The Morgan fingerprint density at radius 2 is 2.24 bits per heavy atom. The summed E-state index contributed by atoms with van der Waals surface area (Å²) in [4.78, 5) is 15.3. The molecule has 0 fully saturated rings. The molecule has 7 nitrogen and oxygen atoms in total. The van der Waals surface area contributed by atoms with Gasteiger partial charge in [0.1, 0.15) is 12.3 Å². The zero-order chi connectivity index (χ0) is 15.0. The first kappa shape index (κ1) is 19.7. The summed E-state index contributed by atoms with van der Waals surface area (Å²) in [6.45, 7) is 5.63. The van der Waals surface area contributed by atoms with Crippen molar-refractivity contribution in [3.05, 3.63) is 23.7 Å². The fraction of sp³-hybridized carbons (Fsp3) is 0.538. The summed E-state index contributed by atoms with van der Waals surface area (Å²) in [6, 6.07) is 3.36. The average Bonchev–Trinajstić information content (AvgIpc) is 2.85. The molecule has 0 bridgehead atoms. The summed E-state index contributed by atoms with van der Waals surface area (Å²) >= 11 is 0. The molecule has 1 aromatic heterocycles. The molecular weight excluding hydrogens is 387 g/mol. The number of rotatable bonds is 7. The lowest BCUT2D eigenvalue weighted by molar-refractivity contribution is 0.0972. The predicted molar refractivity (Wildman–Crippen MR) is 91.9 cm³/mol. The zero-order valence-electron chi connectivity index (χ0n) is 12.5. The number of methoxy groups -OCH3 is 1. The second kappa shape index (κ2) is 10.4. The summed E-state index contributed by atoms with van der Waals surface area (Å²) in [5, 5.41) is 6.32. The highest BCUT2D eigenvalue weighted by molar-refractivity contribution is 14.0. The van der Waals surface area contributed by atoms with Gasteiger partial charge in [-0.3, -0.25) is 4.79 Å². The van der Waals surface area contributed by atoms with Crippen LogP contribution in [0.3, 0.4) is 0 Å². The van der Waals surface area contributed by atoms with Crippen molar-refractivity contribution in [2.45, 2.75) is 26.4 Å². The van der Waals surface area contributed by atoms with Gasteiger partial charge in [0, 0.05) is 19.7 Å². The fourth-order valence-electron chi connectivity index (χ4n) is 1.60. The Bertz CT molecular complexity index is 462. The monoisotopic (exact) mass is 410 g/mol. The standard InChI is InChI=1S/C13H22N4O3.HI/c1-4-15-13(17-9(2)8-19-3)16-7-10-5-6-11(20-10)12(14)18;/h5-6,9H,4,7-8H2,1-3H3,(H2,14,18)(H2,15,16,17);1H. The summed E-state index contributed by atoms with van der Waals surface area (Å²) in [6.07, 6.45) is 0. The number of furan rings is 1. The molecule has 1 heterocycles. The second-order valence-corrected chi connectivity index (χ2v) is 4.33. The topological polar surface area (TPSA) is 102 Å². The first-order valence-electron chi connectivity index (χ1n) is 6.49. The first-order chi connectivity index (χ1) is 9.56. The minimum absolute atomic E-state index is 0. The Labute approximate surface area is 141 Å².